The van der Waals surface area contributed by atoms with Gasteiger partial charge in [-0.15, -0.1) is 0 Å². The maximum Gasteiger partial charge on any atom is 0.229 e. The Labute approximate surface area is 150 Å². The average Bonchev–Trinajstić information content (AvgIpc) is 3.26. The van der Waals surface area contributed by atoms with E-state index < -0.39 is 0 Å². The Morgan fingerprint density at radius 1 is 1.23 bits per heavy atom. The SMILES string of the molecule is O=C(NCCc1ccccn1)[C@H]1CC(=O)N(c2n[nH]c3ccccc23)C1. The molecule has 0 aliphatic carbocycles. The highest BCUT2D eigenvalue weighted by Crippen LogP contribution is 2.29. The van der Waals surface area contributed by atoms with Gasteiger partial charge < -0.3 is 5.32 Å². The van der Waals surface area contributed by atoms with Crippen LogP contribution in [0.4, 0.5) is 5.82 Å². The highest BCUT2D eigenvalue weighted by atomic mass is 16.2. The van der Waals surface area contributed by atoms with Crippen molar-refractivity contribution in [2.75, 3.05) is 18.0 Å². The van der Waals surface area contributed by atoms with Gasteiger partial charge in [-0.2, -0.15) is 5.10 Å². The molecule has 0 radical (unpaired) electrons. The van der Waals surface area contributed by atoms with Gasteiger partial charge in [0, 0.05) is 43.2 Å². The minimum Gasteiger partial charge on any atom is -0.355 e. The first kappa shape index (κ1) is 16.3. The third-order valence-electron chi connectivity index (χ3n) is 4.61. The molecular formula is C19H19N5O2. The summed E-state index contributed by atoms with van der Waals surface area (Å²) in [6.07, 6.45) is 2.61. The Bertz CT molecular complexity index is 937. The Kier molecular flexibility index (Phi) is 4.35. The van der Waals surface area contributed by atoms with Crippen molar-refractivity contribution in [1.82, 2.24) is 20.5 Å². The summed E-state index contributed by atoms with van der Waals surface area (Å²) in [4.78, 5) is 30.7. The summed E-state index contributed by atoms with van der Waals surface area (Å²) in [5, 5.41) is 11.0. The largest absolute Gasteiger partial charge is 0.355 e. The summed E-state index contributed by atoms with van der Waals surface area (Å²) in [6.45, 7) is 0.856. The normalized spacial score (nSPS) is 17.0. The number of benzene rings is 1. The van der Waals surface area contributed by atoms with Gasteiger partial charge in [0.25, 0.3) is 0 Å². The molecule has 7 heteroatoms. The minimum atomic E-state index is -0.360. The van der Waals surface area contributed by atoms with Gasteiger partial charge in [0.05, 0.1) is 11.4 Å². The van der Waals surface area contributed by atoms with E-state index in [1.807, 2.05) is 42.5 Å². The molecule has 1 fully saturated rings. The third kappa shape index (κ3) is 3.15. The second-order valence-electron chi connectivity index (χ2n) is 6.36. The molecule has 1 aliphatic heterocycles. The molecule has 7 nitrogen and oxygen atoms in total. The van der Waals surface area contributed by atoms with Crippen molar-refractivity contribution in [2.45, 2.75) is 12.8 Å². The van der Waals surface area contributed by atoms with Crippen LogP contribution in [0.3, 0.4) is 0 Å². The lowest BCUT2D eigenvalue weighted by Gasteiger charge is -2.14. The number of H-pyrrole nitrogens is 1. The second kappa shape index (κ2) is 6.95. The Hall–Kier alpha value is -3.22. The zero-order valence-corrected chi connectivity index (χ0v) is 14.2. The molecule has 132 valence electrons. The number of hydrogen-bond acceptors (Lipinski definition) is 4. The number of nitrogens with one attached hydrogen (secondary N) is 2. The molecule has 1 saturated heterocycles. The van der Waals surface area contributed by atoms with Gasteiger partial charge in [-0.1, -0.05) is 18.2 Å². The lowest BCUT2D eigenvalue weighted by atomic mass is 10.1. The maximum atomic E-state index is 12.4. The van der Waals surface area contributed by atoms with Gasteiger partial charge in [-0.3, -0.25) is 24.6 Å². The lowest BCUT2D eigenvalue weighted by molar-refractivity contribution is -0.126. The summed E-state index contributed by atoms with van der Waals surface area (Å²) in [5.41, 5.74) is 1.80. The maximum absolute atomic E-state index is 12.4. The van der Waals surface area contributed by atoms with Gasteiger partial charge in [-0.25, -0.2) is 0 Å². The molecule has 4 rings (SSSR count). The molecule has 1 atom stereocenters. The summed E-state index contributed by atoms with van der Waals surface area (Å²) in [6, 6.07) is 13.4. The predicted octanol–water partition coefficient (Wildman–Crippen LogP) is 1.67. The van der Waals surface area contributed by atoms with Crippen LogP contribution in [0.1, 0.15) is 12.1 Å². The number of nitrogens with zero attached hydrogens (tertiary/aromatic N) is 3. The summed E-state index contributed by atoms with van der Waals surface area (Å²) >= 11 is 0. The fourth-order valence-corrected chi connectivity index (χ4v) is 3.25. The summed E-state index contributed by atoms with van der Waals surface area (Å²) < 4.78 is 0. The molecule has 26 heavy (non-hydrogen) atoms. The minimum absolute atomic E-state index is 0.0767. The summed E-state index contributed by atoms with van der Waals surface area (Å²) in [5.74, 6) is 0.0554. The highest BCUT2D eigenvalue weighted by Gasteiger charge is 2.36. The second-order valence-corrected chi connectivity index (χ2v) is 6.36. The number of hydrogen-bond donors (Lipinski definition) is 2. The third-order valence-corrected chi connectivity index (χ3v) is 4.61. The molecule has 1 aromatic carbocycles. The zero-order chi connectivity index (χ0) is 17.9. The van der Waals surface area contributed by atoms with E-state index in [0.717, 1.165) is 16.6 Å². The number of carbonyl (C=O) groups excluding carboxylic acids is 2. The van der Waals surface area contributed by atoms with Crippen molar-refractivity contribution in [3.8, 4) is 0 Å². The lowest BCUT2D eigenvalue weighted by Crippen LogP contribution is -2.34. The number of carbonyl (C=O) groups is 2. The van der Waals surface area contributed by atoms with Crippen LogP contribution in [0.25, 0.3) is 10.9 Å². The molecule has 0 spiro atoms. The van der Waals surface area contributed by atoms with Crippen molar-refractivity contribution >= 4 is 28.5 Å². The number of aromatic amines is 1. The number of amides is 2. The average molecular weight is 349 g/mol. The van der Waals surface area contributed by atoms with E-state index >= 15 is 0 Å². The molecule has 0 unspecified atom stereocenters. The molecule has 2 N–H and O–H groups in total. The Morgan fingerprint density at radius 3 is 2.92 bits per heavy atom. The van der Waals surface area contributed by atoms with Crippen LogP contribution in [0.15, 0.2) is 48.7 Å². The van der Waals surface area contributed by atoms with Gasteiger partial charge in [0.1, 0.15) is 0 Å². The topological polar surface area (TPSA) is 91.0 Å². The zero-order valence-electron chi connectivity index (χ0n) is 14.2. The Balaban J connectivity index is 1.39. The molecule has 2 aromatic heterocycles. The quantitative estimate of drug-likeness (QED) is 0.733. The number of rotatable bonds is 5. The monoisotopic (exact) mass is 349 g/mol. The fourth-order valence-electron chi connectivity index (χ4n) is 3.25. The fraction of sp³-hybridized carbons (Fsp3) is 0.263. The van der Waals surface area contributed by atoms with E-state index in [9.17, 15) is 9.59 Å². The number of pyridine rings is 1. The van der Waals surface area contributed by atoms with Gasteiger partial charge in [-0.05, 0) is 24.3 Å². The van der Waals surface area contributed by atoms with Crippen LogP contribution >= 0.6 is 0 Å². The van der Waals surface area contributed by atoms with Gasteiger partial charge >= 0.3 is 0 Å². The first-order valence-electron chi connectivity index (χ1n) is 8.63. The standard InChI is InChI=1S/C19H19N5O2/c25-17-11-13(19(26)21-10-8-14-5-3-4-9-20-14)12-24(17)18-15-6-1-2-7-16(15)22-23-18/h1-7,9,13H,8,10-12H2,(H,21,26)(H,22,23)/t13-/m0/s1. The van der Waals surface area contributed by atoms with E-state index in [2.05, 4.69) is 20.5 Å². The smallest absolute Gasteiger partial charge is 0.229 e. The van der Waals surface area contributed by atoms with Crippen molar-refractivity contribution < 1.29 is 9.59 Å². The van der Waals surface area contributed by atoms with E-state index in [0.29, 0.717) is 25.3 Å². The van der Waals surface area contributed by atoms with Crippen LogP contribution in [0.5, 0.6) is 0 Å². The van der Waals surface area contributed by atoms with E-state index in [1.165, 1.54) is 0 Å². The van der Waals surface area contributed by atoms with Crippen LogP contribution in [0.2, 0.25) is 0 Å². The molecule has 3 aromatic rings. The number of anilines is 1. The predicted molar refractivity (Wildman–Crippen MR) is 97.5 cm³/mol. The van der Waals surface area contributed by atoms with Gasteiger partial charge in [0.15, 0.2) is 5.82 Å². The van der Waals surface area contributed by atoms with E-state index in [1.54, 1.807) is 11.1 Å². The molecular weight excluding hydrogens is 330 g/mol. The number of para-hydroxylation sites is 1. The van der Waals surface area contributed by atoms with Crippen molar-refractivity contribution in [1.29, 1.82) is 0 Å². The van der Waals surface area contributed by atoms with Crippen molar-refractivity contribution in [2.24, 2.45) is 5.92 Å². The molecule has 2 amide bonds. The van der Waals surface area contributed by atoms with E-state index in [4.69, 9.17) is 0 Å². The highest BCUT2D eigenvalue weighted by molar-refractivity contribution is 6.05. The molecule has 0 saturated carbocycles. The molecule has 1 aliphatic rings. The van der Waals surface area contributed by atoms with Crippen LogP contribution in [0, 0.1) is 5.92 Å². The van der Waals surface area contributed by atoms with Crippen LogP contribution < -0.4 is 10.2 Å². The van der Waals surface area contributed by atoms with Gasteiger partial charge in [0.2, 0.25) is 11.8 Å². The van der Waals surface area contributed by atoms with Crippen LogP contribution in [-0.4, -0.2) is 40.1 Å². The van der Waals surface area contributed by atoms with Crippen LogP contribution in [-0.2, 0) is 16.0 Å². The van der Waals surface area contributed by atoms with Crippen molar-refractivity contribution in [3.05, 3.63) is 54.4 Å². The number of fused-ring (bicyclic) bond motifs is 1. The Morgan fingerprint density at radius 2 is 2.08 bits per heavy atom. The first-order valence-corrected chi connectivity index (χ1v) is 8.63. The number of aromatic nitrogens is 3. The first-order chi connectivity index (χ1) is 12.7. The van der Waals surface area contributed by atoms with E-state index in [-0.39, 0.29) is 24.2 Å². The molecule has 0 bridgehead atoms. The molecule has 3 heterocycles. The van der Waals surface area contributed by atoms with Crippen molar-refractivity contribution in [3.63, 3.8) is 0 Å². The summed E-state index contributed by atoms with van der Waals surface area (Å²) in [7, 11) is 0.